The summed E-state index contributed by atoms with van der Waals surface area (Å²) in [6.07, 6.45) is 2.49. The van der Waals surface area contributed by atoms with Gasteiger partial charge in [-0.25, -0.2) is 18.7 Å². The molecule has 3 aliphatic rings. The lowest BCUT2D eigenvalue weighted by Crippen LogP contribution is -2.60. The minimum Gasteiger partial charge on any atom is -0.497 e. The molecule has 1 aromatic heterocycles. The van der Waals surface area contributed by atoms with Crippen LogP contribution < -0.4 is 24.8 Å². The van der Waals surface area contributed by atoms with E-state index in [1.165, 1.54) is 18.1 Å². The third kappa shape index (κ3) is 9.24. The molecule has 5 rings (SSSR count). The van der Waals surface area contributed by atoms with Crippen LogP contribution in [-0.4, -0.2) is 104 Å². The van der Waals surface area contributed by atoms with Gasteiger partial charge in [-0.15, -0.1) is 6.58 Å². The van der Waals surface area contributed by atoms with E-state index >= 15 is 0 Å². The molecule has 3 N–H and O–H groups in total. The third-order valence-electron chi connectivity index (χ3n) is 9.83. The zero-order valence-corrected chi connectivity index (χ0v) is 32.8. The second-order valence-corrected chi connectivity index (χ2v) is 17.4. The van der Waals surface area contributed by atoms with Crippen molar-refractivity contribution in [2.24, 2.45) is 11.3 Å². The normalized spacial score (nSPS) is 23.9. The molecule has 1 saturated heterocycles. The first-order valence-electron chi connectivity index (χ1n) is 17.8. The van der Waals surface area contributed by atoms with E-state index in [1.807, 2.05) is 10.8 Å². The van der Waals surface area contributed by atoms with Crippen LogP contribution >= 0.6 is 0 Å². The molecule has 0 bridgehead atoms. The van der Waals surface area contributed by atoms with E-state index < -0.39 is 80.4 Å². The summed E-state index contributed by atoms with van der Waals surface area (Å²) in [7, 11) is -1.47. The van der Waals surface area contributed by atoms with Gasteiger partial charge in [0.2, 0.25) is 17.7 Å². The standard InChI is InChI=1S/C37H51N5O11S/c1-10-23-19-37(23,32(45)41-54(47,48)53-36(7)14-15-36)40-29(43)27-18-25(51-30-26-12-11-24(50-9)17-22(26)13-16-38-30)20-42(27)31(44)28(34(2,3)4)39-33(46)52-35(5,6)21-49-8/h10-13,16-17,23,25,27-28H,1,14-15,18-21H2,2-9H3,(H,39,46)(H,40,43)(H,41,45)/t23?,25-,27?,28?,37-/m1/s1. The van der Waals surface area contributed by atoms with Crippen LogP contribution in [0.15, 0.2) is 43.1 Å². The van der Waals surface area contributed by atoms with Crippen LogP contribution in [0.5, 0.6) is 11.6 Å². The fraction of sp³-hybridized carbons (Fsp3) is 0.595. The minimum atomic E-state index is -4.50. The van der Waals surface area contributed by atoms with Crippen molar-refractivity contribution >= 4 is 44.9 Å². The quantitative estimate of drug-likeness (QED) is 0.224. The molecule has 2 aliphatic carbocycles. The number of methoxy groups -OCH3 is 2. The van der Waals surface area contributed by atoms with Crippen LogP contribution in [0.2, 0.25) is 0 Å². The second-order valence-electron chi connectivity index (χ2n) is 16.1. The molecule has 5 atom stereocenters. The van der Waals surface area contributed by atoms with E-state index in [-0.39, 0.29) is 31.9 Å². The number of nitrogens with one attached hydrogen (secondary N) is 3. The van der Waals surface area contributed by atoms with Crippen molar-refractivity contribution in [3.63, 3.8) is 0 Å². The summed E-state index contributed by atoms with van der Waals surface area (Å²) in [4.78, 5) is 61.3. The molecule has 0 radical (unpaired) electrons. The maximum absolute atomic E-state index is 14.6. The summed E-state index contributed by atoms with van der Waals surface area (Å²) in [6, 6.07) is 4.79. The molecule has 3 unspecified atom stereocenters. The Morgan fingerprint density at radius 2 is 1.81 bits per heavy atom. The van der Waals surface area contributed by atoms with Crippen LogP contribution in [0.25, 0.3) is 10.8 Å². The van der Waals surface area contributed by atoms with Gasteiger partial charge in [-0.1, -0.05) is 26.8 Å². The van der Waals surface area contributed by atoms with Gasteiger partial charge in [-0.05, 0) is 75.1 Å². The fourth-order valence-electron chi connectivity index (χ4n) is 6.56. The van der Waals surface area contributed by atoms with Crippen molar-refractivity contribution in [3.05, 3.63) is 43.1 Å². The lowest BCUT2D eigenvalue weighted by molar-refractivity contribution is -0.143. The smallest absolute Gasteiger partial charge is 0.408 e. The van der Waals surface area contributed by atoms with Crippen LogP contribution in [0, 0.1) is 11.3 Å². The van der Waals surface area contributed by atoms with Gasteiger partial charge in [-0.2, -0.15) is 8.42 Å². The molecule has 4 amide bonds. The molecule has 2 heterocycles. The topological polar surface area (TPSA) is 201 Å². The minimum absolute atomic E-state index is 0.0236. The number of aromatic nitrogens is 1. The van der Waals surface area contributed by atoms with Gasteiger partial charge >= 0.3 is 16.4 Å². The Morgan fingerprint density at radius 1 is 1.11 bits per heavy atom. The molecule has 17 heteroatoms. The van der Waals surface area contributed by atoms with Gasteiger partial charge in [0, 0.05) is 31.0 Å². The van der Waals surface area contributed by atoms with Crippen molar-refractivity contribution in [1.82, 2.24) is 25.2 Å². The van der Waals surface area contributed by atoms with Crippen molar-refractivity contribution in [1.29, 1.82) is 0 Å². The number of carbonyl (C=O) groups is 4. The van der Waals surface area contributed by atoms with Crippen molar-refractivity contribution < 1.29 is 50.7 Å². The number of alkyl carbamates (subject to hydrolysis) is 1. The highest BCUT2D eigenvalue weighted by Crippen LogP contribution is 2.46. The number of nitrogens with zero attached hydrogens (tertiary/aromatic N) is 2. The summed E-state index contributed by atoms with van der Waals surface area (Å²) < 4.78 is 55.1. The first-order chi connectivity index (χ1) is 25.1. The summed E-state index contributed by atoms with van der Waals surface area (Å²) in [6.45, 7) is 14.0. The predicted molar refractivity (Wildman–Crippen MR) is 197 cm³/mol. The van der Waals surface area contributed by atoms with Gasteiger partial charge in [0.15, 0.2) is 0 Å². The highest BCUT2D eigenvalue weighted by atomic mass is 32.2. The van der Waals surface area contributed by atoms with Crippen molar-refractivity contribution in [2.75, 3.05) is 27.4 Å². The lowest BCUT2D eigenvalue weighted by Gasteiger charge is -2.36. The summed E-state index contributed by atoms with van der Waals surface area (Å²) in [5, 5.41) is 6.89. The Morgan fingerprint density at radius 3 is 2.41 bits per heavy atom. The zero-order chi connectivity index (χ0) is 39.9. The van der Waals surface area contributed by atoms with E-state index in [2.05, 4.69) is 22.2 Å². The molecule has 0 spiro atoms. The van der Waals surface area contributed by atoms with Gasteiger partial charge in [0.05, 0.1) is 25.9 Å². The fourth-order valence-corrected chi connectivity index (χ4v) is 7.71. The first-order valence-corrected chi connectivity index (χ1v) is 19.2. The number of fused-ring (bicyclic) bond motifs is 1. The average Bonchev–Trinajstić information content (AvgIpc) is 3.94. The summed E-state index contributed by atoms with van der Waals surface area (Å²) in [5.41, 5.74) is -4.43. The Kier molecular flexibility index (Phi) is 11.3. The van der Waals surface area contributed by atoms with Crippen LogP contribution in [0.4, 0.5) is 4.79 Å². The SMILES string of the molecule is C=CC1C[C@]1(NC(=O)C1C[C@@H](Oc2nccc3cc(OC)ccc23)CN1C(=O)C(NC(=O)OC(C)(C)COC)C(C)(C)C)C(=O)NS(=O)(=O)OC1(C)CC1. The van der Waals surface area contributed by atoms with Crippen LogP contribution in [0.3, 0.4) is 0 Å². The summed E-state index contributed by atoms with van der Waals surface area (Å²) in [5.74, 6) is -2.02. The number of likely N-dealkylation sites (tertiary alicyclic amines) is 1. The lowest BCUT2D eigenvalue weighted by atomic mass is 9.85. The molecule has 54 heavy (non-hydrogen) atoms. The number of hydrogen-bond donors (Lipinski definition) is 3. The van der Waals surface area contributed by atoms with Crippen molar-refractivity contribution in [3.8, 4) is 11.6 Å². The molecule has 296 valence electrons. The zero-order valence-electron chi connectivity index (χ0n) is 32.0. The number of benzene rings is 1. The molecular weight excluding hydrogens is 722 g/mol. The van der Waals surface area contributed by atoms with Gasteiger partial charge in [0.1, 0.15) is 35.1 Å². The van der Waals surface area contributed by atoms with E-state index in [1.54, 1.807) is 73.0 Å². The highest BCUT2D eigenvalue weighted by molar-refractivity contribution is 7.85. The van der Waals surface area contributed by atoms with Crippen LogP contribution in [0.1, 0.15) is 67.2 Å². The van der Waals surface area contributed by atoms with Gasteiger partial charge in [0.25, 0.3) is 5.91 Å². The molecule has 16 nitrogen and oxygen atoms in total. The second kappa shape index (κ2) is 15.0. The number of carbonyl (C=O) groups excluding carboxylic acids is 4. The van der Waals surface area contributed by atoms with E-state index in [9.17, 15) is 27.6 Å². The Hall–Kier alpha value is -4.48. The maximum atomic E-state index is 14.6. The molecule has 2 aromatic rings. The Bertz CT molecular complexity index is 1910. The average molecular weight is 774 g/mol. The van der Waals surface area contributed by atoms with Crippen molar-refractivity contribution in [2.45, 2.75) is 102 Å². The van der Waals surface area contributed by atoms with E-state index in [0.717, 1.165) is 5.39 Å². The number of rotatable bonds is 15. The molecule has 1 aromatic carbocycles. The molecular formula is C37H51N5O11S. The number of hydrogen-bond acceptors (Lipinski definition) is 12. The first kappa shape index (κ1) is 40.7. The van der Waals surface area contributed by atoms with Gasteiger partial charge < -0.3 is 34.5 Å². The van der Waals surface area contributed by atoms with Crippen LogP contribution in [-0.2, 0) is 38.3 Å². The number of amides is 4. The van der Waals surface area contributed by atoms with E-state index in [4.69, 9.17) is 23.1 Å². The number of ether oxygens (including phenoxy) is 4. The molecule has 1 aliphatic heterocycles. The molecule has 3 fully saturated rings. The third-order valence-corrected chi connectivity index (χ3v) is 10.9. The molecule has 2 saturated carbocycles. The maximum Gasteiger partial charge on any atom is 0.408 e. The number of pyridine rings is 1. The Labute approximate surface area is 315 Å². The van der Waals surface area contributed by atoms with E-state index in [0.29, 0.717) is 24.0 Å². The summed E-state index contributed by atoms with van der Waals surface area (Å²) >= 11 is 0. The van der Waals surface area contributed by atoms with Gasteiger partial charge in [-0.3, -0.25) is 14.4 Å². The highest BCUT2D eigenvalue weighted by Gasteiger charge is 2.62. The predicted octanol–water partition coefficient (Wildman–Crippen LogP) is 3.15. The monoisotopic (exact) mass is 773 g/mol. The largest absolute Gasteiger partial charge is 0.497 e. The Balaban J connectivity index is 1.43.